The first-order chi connectivity index (χ1) is 8.38. The molecule has 0 aliphatic rings. The van der Waals surface area contributed by atoms with Crippen molar-refractivity contribution in [3.8, 4) is 10.6 Å². The van der Waals surface area contributed by atoms with Crippen LogP contribution in [0.4, 0.5) is 5.82 Å². The molecule has 0 radical (unpaired) electrons. The van der Waals surface area contributed by atoms with Crippen molar-refractivity contribution in [3.63, 3.8) is 0 Å². The van der Waals surface area contributed by atoms with Crippen LogP contribution >= 0.6 is 11.3 Å². The number of fused-ring (bicyclic) bond motifs is 1. The summed E-state index contributed by atoms with van der Waals surface area (Å²) >= 11 is 1.67. The SMILES string of the molecule is NNc1nc(-c2cccs2)cc2ccccc12. The lowest BCUT2D eigenvalue weighted by Gasteiger charge is -2.07. The van der Waals surface area contributed by atoms with Crippen molar-refractivity contribution in [1.82, 2.24) is 4.98 Å². The fourth-order valence-electron chi connectivity index (χ4n) is 1.86. The first-order valence-electron chi connectivity index (χ1n) is 5.29. The Kier molecular flexibility index (Phi) is 2.51. The minimum absolute atomic E-state index is 0.714. The van der Waals surface area contributed by atoms with Crippen LogP contribution in [0.1, 0.15) is 0 Å². The first kappa shape index (κ1) is 10.3. The van der Waals surface area contributed by atoms with Crippen molar-refractivity contribution in [2.45, 2.75) is 0 Å². The summed E-state index contributed by atoms with van der Waals surface area (Å²) in [6.45, 7) is 0. The number of hydrogen-bond donors (Lipinski definition) is 2. The third-order valence-electron chi connectivity index (χ3n) is 2.65. The molecule has 3 N–H and O–H groups in total. The van der Waals surface area contributed by atoms with Crippen LogP contribution in [-0.4, -0.2) is 4.98 Å². The Morgan fingerprint density at radius 1 is 1.12 bits per heavy atom. The number of nitrogens with one attached hydrogen (secondary N) is 1. The third kappa shape index (κ3) is 1.77. The van der Waals surface area contributed by atoms with Gasteiger partial charge in [0.1, 0.15) is 5.82 Å². The van der Waals surface area contributed by atoms with Crippen molar-refractivity contribution >= 4 is 27.9 Å². The number of nitrogens with zero attached hydrogens (tertiary/aromatic N) is 1. The molecule has 3 aromatic rings. The molecule has 1 aromatic carbocycles. The Morgan fingerprint density at radius 2 is 2.00 bits per heavy atom. The Balaban J connectivity index is 2.28. The Bertz CT molecular complexity index is 647. The molecule has 2 heterocycles. The molecule has 0 spiro atoms. The number of rotatable bonds is 2. The van der Waals surface area contributed by atoms with E-state index in [9.17, 15) is 0 Å². The molecule has 0 fully saturated rings. The van der Waals surface area contributed by atoms with Gasteiger partial charge in [0, 0.05) is 5.39 Å². The molecule has 3 rings (SSSR count). The second-order valence-corrected chi connectivity index (χ2v) is 4.65. The summed E-state index contributed by atoms with van der Waals surface area (Å²) in [4.78, 5) is 5.68. The van der Waals surface area contributed by atoms with Crippen LogP contribution in [0.5, 0.6) is 0 Å². The molecule has 0 amide bonds. The number of benzene rings is 1. The quantitative estimate of drug-likeness (QED) is 0.535. The molecule has 4 heteroatoms. The lowest BCUT2D eigenvalue weighted by molar-refractivity contribution is 1.26. The summed E-state index contributed by atoms with van der Waals surface area (Å²) in [6.07, 6.45) is 0. The summed E-state index contributed by atoms with van der Waals surface area (Å²) in [5.41, 5.74) is 3.62. The maximum absolute atomic E-state index is 5.53. The van der Waals surface area contributed by atoms with Gasteiger partial charge in [-0.05, 0) is 22.9 Å². The van der Waals surface area contributed by atoms with Gasteiger partial charge in [0.2, 0.25) is 0 Å². The third-order valence-corrected chi connectivity index (χ3v) is 3.54. The standard InChI is InChI=1S/C13H11N3S/c14-16-13-10-5-2-1-4-9(10)8-11(15-13)12-6-3-7-17-12/h1-8H,14H2,(H,15,16). The number of anilines is 1. The highest BCUT2D eigenvalue weighted by Crippen LogP contribution is 2.29. The highest BCUT2D eigenvalue weighted by atomic mass is 32.1. The van der Waals surface area contributed by atoms with E-state index < -0.39 is 0 Å². The van der Waals surface area contributed by atoms with Crippen molar-refractivity contribution in [1.29, 1.82) is 0 Å². The van der Waals surface area contributed by atoms with E-state index in [1.54, 1.807) is 11.3 Å². The maximum Gasteiger partial charge on any atom is 0.148 e. The Labute approximate surface area is 103 Å². The Hall–Kier alpha value is -1.91. The van der Waals surface area contributed by atoms with E-state index in [1.165, 1.54) is 0 Å². The zero-order valence-corrected chi connectivity index (χ0v) is 9.87. The topological polar surface area (TPSA) is 50.9 Å². The predicted octanol–water partition coefficient (Wildman–Crippen LogP) is 3.25. The van der Waals surface area contributed by atoms with E-state index in [0.29, 0.717) is 5.82 Å². The molecule has 0 atom stereocenters. The van der Waals surface area contributed by atoms with E-state index in [0.717, 1.165) is 21.3 Å². The van der Waals surface area contributed by atoms with Gasteiger partial charge >= 0.3 is 0 Å². The maximum atomic E-state index is 5.53. The van der Waals surface area contributed by atoms with Gasteiger partial charge in [-0.25, -0.2) is 10.8 Å². The van der Waals surface area contributed by atoms with Gasteiger partial charge in [0.05, 0.1) is 10.6 Å². The first-order valence-corrected chi connectivity index (χ1v) is 6.17. The smallest absolute Gasteiger partial charge is 0.148 e. The molecule has 0 unspecified atom stereocenters. The minimum atomic E-state index is 0.714. The normalized spacial score (nSPS) is 10.6. The molecule has 3 nitrogen and oxygen atoms in total. The lowest BCUT2D eigenvalue weighted by atomic mass is 10.1. The second kappa shape index (κ2) is 4.16. The highest BCUT2D eigenvalue weighted by molar-refractivity contribution is 7.13. The van der Waals surface area contributed by atoms with Crippen molar-refractivity contribution in [2.75, 3.05) is 5.43 Å². The minimum Gasteiger partial charge on any atom is -0.308 e. The molecule has 0 saturated heterocycles. The Morgan fingerprint density at radius 3 is 2.76 bits per heavy atom. The monoisotopic (exact) mass is 241 g/mol. The van der Waals surface area contributed by atoms with Gasteiger partial charge in [-0.1, -0.05) is 30.3 Å². The van der Waals surface area contributed by atoms with E-state index in [-0.39, 0.29) is 0 Å². The number of hydrazine groups is 1. The number of thiophene rings is 1. The summed E-state index contributed by atoms with van der Waals surface area (Å²) in [6, 6.07) is 14.2. The summed E-state index contributed by atoms with van der Waals surface area (Å²) < 4.78 is 0. The van der Waals surface area contributed by atoms with Gasteiger partial charge in [0.15, 0.2) is 0 Å². The number of aromatic nitrogens is 1. The predicted molar refractivity (Wildman–Crippen MR) is 72.9 cm³/mol. The average molecular weight is 241 g/mol. The average Bonchev–Trinajstić information content (AvgIpc) is 2.91. The summed E-state index contributed by atoms with van der Waals surface area (Å²) in [5, 5.41) is 4.22. The number of nitrogens with two attached hydrogens (primary N) is 1. The van der Waals surface area contributed by atoms with Crippen LogP contribution in [0.25, 0.3) is 21.3 Å². The number of hydrogen-bond acceptors (Lipinski definition) is 4. The van der Waals surface area contributed by atoms with Crippen molar-refractivity contribution in [2.24, 2.45) is 5.84 Å². The van der Waals surface area contributed by atoms with E-state index in [4.69, 9.17) is 5.84 Å². The van der Waals surface area contributed by atoms with Gasteiger partial charge in [-0.3, -0.25) is 0 Å². The highest BCUT2D eigenvalue weighted by Gasteiger charge is 2.06. The molecule has 0 bridgehead atoms. The molecular weight excluding hydrogens is 230 g/mol. The molecule has 0 aliphatic carbocycles. The van der Waals surface area contributed by atoms with Crippen LogP contribution in [-0.2, 0) is 0 Å². The summed E-state index contributed by atoms with van der Waals surface area (Å²) in [5.74, 6) is 6.24. The van der Waals surface area contributed by atoms with Crippen LogP contribution in [0.15, 0.2) is 47.8 Å². The van der Waals surface area contributed by atoms with E-state index in [2.05, 4.69) is 28.6 Å². The van der Waals surface area contributed by atoms with Crippen LogP contribution in [0, 0.1) is 0 Å². The fraction of sp³-hybridized carbons (Fsp3) is 0. The van der Waals surface area contributed by atoms with Crippen LogP contribution in [0.2, 0.25) is 0 Å². The zero-order chi connectivity index (χ0) is 11.7. The molecule has 2 aromatic heterocycles. The van der Waals surface area contributed by atoms with Crippen LogP contribution in [0.3, 0.4) is 0 Å². The van der Waals surface area contributed by atoms with E-state index in [1.807, 2.05) is 29.6 Å². The van der Waals surface area contributed by atoms with Gasteiger partial charge < -0.3 is 5.43 Å². The second-order valence-electron chi connectivity index (χ2n) is 3.70. The van der Waals surface area contributed by atoms with Crippen LogP contribution < -0.4 is 11.3 Å². The largest absolute Gasteiger partial charge is 0.308 e. The zero-order valence-electron chi connectivity index (χ0n) is 9.05. The lowest BCUT2D eigenvalue weighted by Crippen LogP contribution is -2.09. The molecule has 17 heavy (non-hydrogen) atoms. The molecule has 0 saturated carbocycles. The number of pyridine rings is 1. The molecule has 84 valence electrons. The van der Waals surface area contributed by atoms with Gasteiger partial charge in [-0.2, -0.15) is 0 Å². The molecule has 0 aliphatic heterocycles. The van der Waals surface area contributed by atoms with Crippen molar-refractivity contribution < 1.29 is 0 Å². The fourth-order valence-corrected chi connectivity index (χ4v) is 2.55. The number of nitrogen functional groups attached to an aromatic ring is 1. The van der Waals surface area contributed by atoms with Crippen molar-refractivity contribution in [3.05, 3.63) is 47.8 Å². The van der Waals surface area contributed by atoms with E-state index >= 15 is 0 Å². The van der Waals surface area contributed by atoms with Gasteiger partial charge in [0.25, 0.3) is 0 Å². The van der Waals surface area contributed by atoms with Gasteiger partial charge in [-0.15, -0.1) is 11.3 Å². The molecular formula is C13H11N3S. The summed E-state index contributed by atoms with van der Waals surface area (Å²) in [7, 11) is 0.